The first-order valence-corrected chi connectivity index (χ1v) is 35.6. The first-order chi connectivity index (χ1) is 40.5. The molecular formula is C76H134O6. The van der Waals surface area contributed by atoms with Crippen LogP contribution in [0, 0.1) is 0 Å². The molecule has 0 aliphatic rings. The van der Waals surface area contributed by atoms with Crippen molar-refractivity contribution in [3.63, 3.8) is 0 Å². The van der Waals surface area contributed by atoms with Gasteiger partial charge < -0.3 is 14.2 Å². The highest BCUT2D eigenvalue weighted by Crippen LogP contribution is 2.17. The molecular weight excluding hydrogens is 1010 g/mol. The lowest BCUT2D eigenvalue weighted by molar-refractivity contribution is -0.167. The average molecular weight is 1140 g/mol. The largest absolute Gasteiger partial charge is 0.462 e. The van der Waals surface area contributed by atoms with E-state index in [4.69, 9.17) is 14.2 Å². The Kier molecular flexibility index (Phi) is 67.2. The van der Waals surface area contributed by atoms with Crippen molar-refractivity contribution < 1.29 is 28.6 Å². The minimum Gasteiger partial charge on any atom is -0.462 e. The molecule has 6 heteroatoms. The predicted molar refractivity (Wildman–Crippen MR) is 358 cm³/mol. The first-order valence-electron chi connectivity index (χ1n) is 35.6. The fraction of sp³-hybridized carbons (Fsp3) is 0.776. The molecule has 0 aliphatic carbocycles. The van der Waals surface area contributed by atoms with Gasteiger partial charge in [0, 0.05) is 19.3 Å². The first kappa shape index (κ1) is 78.6. The Balaban J connectivity index is 4.38. The van der Waals surface area contributed by atoms with E-state index in [2.05, 4.69) is 106 Å². The summed E-state index contributed by atoms with van der Waals surface area (Å²) in [7, 11) is 0. The van der Waals surface area contributed by atoms with E-state index >= 15 is 0 Å². The van der Waals surface area contributed by atoms with Crippen LogP contribution < -0.4 is 0 Å². The van der Waals surface area contributed by atoms with Crippen LogP contribution >= 0.6 is 0 Å². The molecule has 0 fully saturated rings. The number of carbonyl (C=O) groups is 3. The summed E-state index contributed by atoms with van der Waals surface area (Å²) < 4.78 is 17.0. The van der Waals surface area contributed by atoms with Gasteiger partial charge in [0.05, 0.1) is 0 Å². The van der Waals surface area contributed by atoms with Gasteiger partial charge >= 0.3 is 17.9 Å². The van der Waals surface area contributed by atoms with Gasteiger partial charge in [-0.3, -0.25) is 14.4 Å². The fourth-order valence-corrected chi connectivity index (χ4v) is 10.3. The fourth-order valence-electron chi connectivity index (χ4n) is 10.3. The molecule has 0 heterocycles. The van der Waals surface area contributed by atoms with Crippen molar-refractivity contribution in [2.45, 2.75) is 367 Å². The van der Waals surface area contributed by atoms with Crippen LogP contribution in [0.5, 0.6) is 0 Å². The van der Waals surface area contributed by atoms with E-state index in [1.807, 2.05) is 0 Å². The maximum absolute atomic E-state index is 13.0. The Morgan fingerprint density at radius 2 is 0.476 bits per heavy atom. The van der Waals surface area contributed by atoms with Gasteiger partial charge in [-0.15, -0.1) is 0 Å². The maximum atomic E-state index is 13.0. The number of carbonyl (C=O) groups excluding carboxylic acids is 3. The van der Waals surface area contributed by atoms with Crippen molar-refractivity contribution in [3.05, 3.63) is 85.1 Å². The zero-order valence-electron chi connectivity index (χ0n) is 54.5. The molecule has 0 bridgehead atoms. The van der Waals surface area contributed by atoms with Crippen molar-refractivity contribution in [1.82, 2.24) is 0 Å². The summed E-state index contributed by atoms with van der Waals surface area (Å²) in [6, 6.07) is 0. The smallest absolute Gasteiger partial charge is 0.306 e. The van der Waals surface area contributed by atoms with Crippen LogP contribution in [0.15, 0.2) is 85.1 Å². The molecule has 0 radical (unpaired) electrons. The molecule has 82 heavy (non-hydrogen) atoms. The summed E-state index contributed by atoms with van der Waals surface area (Å²) in [6.07, 6.45) is 93.1. The van der Waals surface area contributed by atoms with E-state index in [0.717, 1.165) is 96.3 Å². The normalized spacial score (nSPS) is 12.6. The van der Waals surface area contributed by atoms with E-state index in [1.54, 1.807) is 0 Å². The SMILES string of the molecule is CC/C=C\C/C=C\C/C=C\C/C=C\C/C=C\CCCCCCCCCC(=O)OCC(COC(=O)CCCCCCCCC/C=C\CCCCCCCCC)OC(=O)CCCCCCCCCCCCC/C=C\CCCCCCCCCC. The third kappa shape index (κ3) is 67.4. The third-order valence-corrected chi connectivity index (χ3v) is 15.6. The lowest BCUT2D eigenvalue weighted by atomic mass is 10.0. The highest BCUT2D eigenvalue weighted by molar-refractivity contribution is 5.71. The van der Waals surface area contributed by atoms with E-state index in [9.17, 15) is 14.4 Å². The summed E-state index contributed by atoms with van der Waals surface area (Å²) in [5.74, 6) is -0.877. The highest BCUT2D eigenvalue weighted by atomic mass is 16.6. The van der Waals surface area contributed by atoms with E-state index in [-0.39, 0.29) is 31.1 Å². The molecule has 0 rings (SSSR count). The van der Waals surface area contributed by atoms with E-state index in [0.29, 0.717) is 19.3 Å². The summed E-state index contributed by atoms with van der Waals surface area (Å²) in [4.78, 5) is 38.5. The van der Waals surface area contributed by atoms with Crippen molar-refractivity contribution in [3.8, 4) is 0 Å². The van der Waals surface area contributed by atoms with Gasteiger partial charge in [0.15, 0.2) is 6.10 Å². The van der Waals surface area contributed by atoms with Crippen molar-refractivity contribution >= 4 is 17.9 Å². The molecule has 0 N–H and O–H groups in total. The van der Waals surface area contributed by atoms with Crippen LogP contribution in [0.2, 0.25) is 0 Å². The average Bonchev–Trinajstić information content (AvgIpc) is 3.47. The molecule has 0 aromatic heterocycles. The Morgan fingerprint density at radius 1 is 0.256 bits per heavy atom. The minimum absolute atomic E-state index is 0.0805. The number of rotatable bonds is 65. The summed E-state index contributed by atoms with van der Waals surface area (Å²) >= 11 is 0. The van der Waals surface area contributed by atoms with Gasteiger partial charge in [-0.1, -0.05) is 311 Å². The molecule has 1 atom stereocenters. The summed E-state index contributed by atoms with van der Waals surface area (Å²) in [5.41, 5.74) is 0. The van der Waals surface area contributed by atoms with Gasteiger partial charge in [-0.25, -0.2) is 0 Å². The zero-order valence-corrected chi connectivity index (χ0v) is 54.5. The van der Waals surface area contributed by atoms with Gasteiger partial charge in [0.25, 0.3) is 0 Å². The van der Waals surface area contributed by atoms with Crippen molar-refractivity contribution in [2.24, 2.45) is 0 Å². The lowest BCUT2D eigenvalue weighted by Crippen LogP contribution is -2.30. The number of hydrogen-bond acceptors (Lipinski definition) is 6. The van der Waals surface area contributed by atoms with Crippen LogP contribution in [0.4, 0.5) is 0 Å². The van der Waals surface area contributed by atoms with Crippen molar-refractivity contribution in [2.75, 3.05) is 13.2 Å². The Bertz CT molecular complexity index is 1550. The topological polar surface area (TPSA) is 78.9 Å². The van der Waals surface area contributed by atoms with E-state index < -0.39 is 6.10 Å². The highest BCUT2D eigenvalue weighted by Gasteiger charge is 2.19. The van der Waals surface area contributed by atoms with Crippen LogP contribution in [0.1, 0.15) is 361 Å². The number of esters is 3. The van der Waals surface area contributed by atoms with Gasteiger partial charge in [0.1, 0.15) is 13.2 Å². The molecule has 0 spiro atoms. The minimum atomic E-state index is -0.786. The molecule has 0 amide bonds. The standard InChI is InChI=1S/C76H134O6/c1-4-7-10-13-16-19-22-25-28-31-34-36-38-40-42-45-48-51-54-57-60-63-66-69-75(78)81-72-73(71-80-74(77)68-65-62-59-56-53-50-47-44-33-30-27-24-21-18-15-12-9-6-3)82-76(79)70-67-64-61-58-55-52-49-46-43-41-39-37-35-32-29-26-23-20-17-14-11-8-5-2/h7,10,16,19,25,28,30,32-36,40,42,73H,4-6,8-9,11-15,17-18,20-24,26-27,29,31,37-39,41,43-72H2,1-3H3/b10-7-,19-16-,28-25-,33-30-,35-32-,36-34-,42-40-. The predicted octanol–water partition coefficient (Wildman–Crippen LogP) is 24.6. The van der Waals surface area contributed by atoms with Crippen LogP contribution in [-0.2, 0) is 28.6 Å². The molecule has 0 saturated heterocycles. The van der Waals surface area contributed by atoms with Crippen LogP contribution in [0.25, 0.3) is 0 Å². The summed E-state index contributed by atoms with van der Waals surface area (Å²) in [6.45, 7) is 6.56. The quantitative estimate of drug-likeness (QED) is 0.0261. The summed E-state index contributed by atoms with van der Waals surface area (Å²) in [5, 5.41) is 0. The Hall–Kier alpha value is -3.41. The van der Waals surface area contributed by atoms with Gasteiger partial charge in [-0.05, 0) is 116 Å². The van der Waals surface area contributed by atoms with Crippen LogP contribution in [-0.4, -0.2) is 37.2 Å². The second-order valence-corrected chi connectivity index (χ2v) is 23.8. The molecule has 6 nitrogen and oxygen atoms in total. The molecule has 0 saturated carbocycles. The second-order valence-electron chi connectivity index (χ2n) is 23.8. The van der Waals surface area contributed by atoms with E-state index in [1.165, 1.54) is 225 Å². The van der Waals surface area contributed by atoms with Gasteiger partial charge in [-0.2, -0.15) is 0 Å². The maximum Gasteiger partial charge on any atom is 0.306 e. The molecule has 0 aliphatic heterocycles. The van der Waals surface area contributed by atoms with Crippen LogP contribution in [0.3, 0.4) is 0 Å². The Labute approximate surface area is 509 Å². The lowest BCUT2D eigenvalue weighted by Gasteiger charge is -2.18. The number of ether oxygens (including phenoxy) is 3. The molecule has 474 valence electrons. The monoisotopic (exact) mass is 1140 g/mol. The number of unbranched alkanes of at least 4 members (excludes halogenated alkanes) is 40. The second kappa shape index (κ2) is 70.1. The number of hydrogen-bond donors (Lipinski definition) is 0. The molecule has 0 aromatic rings. The third-order valence-electron chi connectivity index (χ3n) is 15.6. The zero-order chi connectivity index (χ0) is 59.2. The van der Waals surface area contributed by atoms with Crippen molar-refractivity contribution in [1.29, 1.82) is 0 Å². The number of allylic oxidation sites excluding steroid dienone is 14. The Morgan fingerprint density at radius 3 is 0.756 bits per heavy atom. The van der Waals surface area contributed by atoms with Gasteiger partial charge in [0.2, 0.25) is 0 Å². The molecule has 0 aromatic carbocycles. The molecule has 1 unspecified atom stereocenters.